The Morgan fingerprint density at radius 1 is 1.38 bits per heavy atom. The van der Waals surface area contributed by atoms with E-state index in [-0.39, 0.29) is 33.8 Å². The molecule has 2 aromatic carbocycles. The Morgan fingerprint density at radius 2 is 2.08 bits per heavy atom. The maximum absolute atomic E-state index is 11.9. The highest BCUT2D eigenvalue weighted by molar-refractivity contribution is 9.10. The van der Waals surface area contributed by atoms with E-state index in [0.717, 1.165) is 23.6 Å². The zero-order chi connectivity index (χ0) is 19.1. The number of nitrogens with one attached hydrogen (secondary N) is 1. The van der Waals surface area contributed by atoms with Crippen LogP contribution in [0.4, 0.5) is 5.69 Å². The van der Waals surface area contributed by atoms with Crippen LogP contribution in [0.1, 0.15) is 18.1 Å². The second kappa shape index (κ2) is 8.95. The molecular formula is C17H16BrN3O5. The molecule has 0 atom stereocenters. The van der Waals surface area contributed by atoms with Crippen molar-refractivity contribution in [3.8, 4) is 11.5 Å². The first-order valence-electron chi connectivity index (χ1n) is 7.61. The Bertz CT molecular complexity index is 837. The number of hydrogen-bond donors (Lipinski definition) is 2. The maximum atomic E-state index is 11.9. The van der Waals surface area contributed by atoms with E-state index < -0.39 is 4.92 Å². The van der Waals surface area contributed by atoms with Crippen LogP contribution in [0, 0.1) is 10.1 Å². The number of phenols is 1. The van der Waals surface area contributed by atoms with Crippen molar-refractivity contribution in [1.82, 2.24) is 5.43 Å². The topological polar surface area (TPSA) is 114 Å². The highest BCUT2D eigenvalue weighted by Gasteiger charge is 2.13. The Kier molecular flexibility index (Phi) is 6.67. The Morgan fingerprint density at radius 3 is 2.69 bits per heavy atom. The smallest absolute Gasteiger partial charge is 0.271 e. The summed E-state index contributed by atoms with van der Waals surface area (Å²) in [6.45, 7) is 2.45. The predicted molar refractivity (Wildman–Crippen MR) is 99.5 cm³/mol. The van der Waals surface area contributed by atoms with Gasteiger partial charge in [0.25, 0.3) is 5.69 Å². The molecule has 2 rings (SSSR count). The molecule has 0 radical (unpaired) electrons. The monoisotopic (exact) mass is 421 g/mol. The third kappa shape index (κ3) is 5.28. The number of amides is 1. The molecular weight excluding hydrogens is 406 g/mol. The van der Waals surface area contributed by atoms with Gasteiger partial charge in [-0.1, -0.05) is 12.1 Å². The minimum absolute atomic E-state index is 0.104. The van der Waals surface area contributed by atoms with Crippen molar-refractivity contribution < 1.29 is 19.6 Å². The van der Waals surface area contributed by atoms with Gasteiger partial charge < -0.3 is 9.84 Å². The number of ether oxygens (including phenoxy) is 1. The summed E-state index contributed by atoms with van der Waals surface area (Å²) in [7, 11) is 0. The average Bonchev–Trinajstić information content (AvgIpc) is 2.60. The molecule has 8 nitrogen and oxygen atoms in total. The number of carbonyl (C=O) groups excluding carboxylic acids is 1. The summed E-state index contributed by atoms with van der Waals surface area (Å²) < 4.78 is 5.49. The van der Waals surface area contributed by atoms with Gasteiger partial charge in [-0.2, -0.15) is 5.10 Å². The fourth-order valence-electron chi connectivity index (χ4n) is 2.08. The number of halogens is 1. The number of carbonyl (C=O) groups is 1. The van der Waals surface area contributed by atoms with E-state index in [0.29, 0.717) is 6.61 Å². The number of aromatic hydroxyl groups is 1. The van der Waals surface area contributed by atoms with Gasteiger partial charge >= 0.3 is 0 Å². The molecule has 9 heteroatoms. The van der Waals surface area contributed by atoms with Crippen molar-refractivity contribution >= 4 is 33.7 Å². The molecule has 2 N–H and O–H groups in total. The van der Waals surface area contributed by atoms with E-state index in [1.54, 1.807) is 24.3 Å². The minimum Gasteiger partial charge on any atom is -0.506 e. The molecule has 0 aliphatic rings. The standard InChI is InChI=1S/C17H16BrN3O5/c1-2-26-14-5-3-11(4-6-14)7-16(22)20-19-10-12-8-13(21(24)25)9-15(18)17(12)23/h3-6,8-10,23H,2,7H2,1H3,(H,20,22)/b19-10+. The molecule has 136 valence electrons. The number of nitro benzene ring substituents is 1. The fourth-order valence-corrected chi connectivity index (χ4v) is 2.54. The summed E-state index contributed by atoms with van der Waals surface area (Å²) in [5, 5.41) is 24.5. The normalized spacial score (nSPS) is 10.7. The number of nitro groups is 1. The van der Waals surface area contributed by atoms with Gasteiger partial charge in [-0.05, 0) is 40.5 Å². The zero-order valence-electron chi connectivity index (χ0n) is 13.8. The van der Waals surface area contributed by atoms with E-state index in [2.05, 4.69) is 26.5 Å². The first-order chi connectivity index (χ1) is 12.4. The summed E-state index contributed by atoms with van der Waals surface area (Å²) in [5.41, 5.74) is 2.99. The van der Waals surface area contributed by atoms with Gasteiger partial charge in [0.2, 0.25) is 5.91 Å². The van der Waals surface area contributed by atoms with E-state index in [1.165, 1.54) is 6.07 Å². The van der Waals surface area contributed by atoms with Crippen molar-refractivity contribution in [2.75, 3.05) is 6.61 Å². The molecule has 0 heterocycles. The summed E-state index contributed by atoms with van der Waals surface area (Å²) in [5.74, 6) is 0.149. The quantitative estimate of drug-likeness (QED) is 0.404. The van der Waals surface area contributed by atoms with Crippen molar-refractivity contribution in [2.24, 2.45) is 5.10 Å². The molecule has 0 aromatic heterocycles. The lowest BCUT2D eigenvalue weighted by molar-refractivity contribution is -0.385. The van der Waals surface area contributed by atoms with Crippen LogP contribution in [0.15, 0.2) is 46.0 Å². The number of nitrogens with zero attached hydrogens (tertiary/aromatic N) is 2. The molecule has 0 unspecified atom stereocenters. The lowest BCUT2D eigenvalue weighted by Crippen LogP contribution is -2.19. The second-order valence-corrected chi connectivity index (χ2v) is 6.02. The molecule has 0 aliphatic heterocycles. The van der Waals surface area contributed by atoms with Crippen LogP contribution < -0.4 is 10.2 Å². The van der Waals surface area contributed by atoms with E-state index >= 15 is 0 Å². The Hall–Kier alpha value is -2.94. The molecule has 2 aromatic rings. The fraction of sp³-hybridized carbons (Fsp3) is 0.176. The highest BCUT2D eigenvalue weighted by atomic mass is 79.9. The van der Waals surface area contributed by atoms with Crippen LogP contribution in [0.5, 0.6) is 11.5 Å². The predicted octanol–water partition coefficient (Wildman–Crippen LogP) is 3.15. The van der Waals surface area contributed by atoms with E-state index in [9.17, 15) is 20.0 Å². The second-order valence-electron chi connectivity index (χ2n) is 5.17. The molecule has 0 spiro atoms. The van der Waals surface area contributed by atoms with Crippen LogP contribution >= 0.6 is 15.9 Å². The van der Waals surface area contributed by atoms with E-state index in [4.69, 9.17) is 4.74 Å². The van der Waals surface area contributed by atoms with Gasteiger partial charge in [-0.15, -0.1) is 0 Å². The summed E-state index contributed by atoms with van der Waals surface area (Å²) in [6.07, 6.45) is 1.25. The third-order valence-electron chi connectivity index (χ3n) is 3.28. The molecule has 26 heavy (non-hydrogen) atoms. The Balaban J connectivity index is 1.99. The number of non-ortho nitro benzene ring substituents is 1. The molecule has 1 amide bonds. The van der Waals surface area contributed by atoms with Crippen molar-refractivity contribution in [3.63, 3.8) is 0 Å². The Labute approximate surface area is 157 Å². The third-order valence-corrected chi connectivity index (χ3v) is 3.88. The lowest BCUT2D eigenvalue weighted by atomic mass is 10.1. The molecule has 0 saturated carbocycles. The summed E-state index contributed by atoms with van der Waals surface area (Å²) in [6, 6.07) is 9.43. The molecule has 0 aliphatic carbocycles. The molecule has 0 bridgehead atoms. The largest absolute Gasteiger partial charge is 0.506 e. The number of phenolic OH excluding ortho intramolecular Hbond substituents is 1. The van der Waals surface area contributed by atoms with Crippen LogP contribution in [-0.2, 0) is 11.2 Å². The average molecular weight is 422 g/mol. The van der Waals surface area contributed by atoms with Crippen LogP contribution in [0.25, 0.3) is 0 Å². The maximum Gasteiger partial charge on any atom is 0.271 e. The zero-order valence-corrected chi connectivity index (χ0v) is 15.4. The van der Waals surface area contributed by atoms with Gasteiger partial charge in [-0.25, -0.2) is 5.43 Å². The van der Waals surface area contributed by atoms with Crippen molar-refractivity contribution in [2.45, 2.75) is 13.3 Å². The number of rotatable bonds is 7. The first-order valence-corrected chi connectivity index (χ1v) is 8.40. The molecule has 0 fully saturated rings. The minimum atomic E-state index is -0.591. The van der Waals surface area contributed by atoms with Gasteiger partial charge in [0.1, 0.15) is 11.5 Å². The van der Waals surface area contributed by atoms with Gasteiger partial charge in [0.05, 0.1) is 28.6 Å². The lowest BCUT2D eigenvalue weighted by Gasteiger charge is -2.05. The van der Waals surface area contributed by atoms with Gasteiger partial charge in [0, 0.05) is 17.7 Å². The van der Waals surface area contributed by atoms with Crippen LogP contribution in [0.2, 0.25) is 0 Å². The van der Waals surface area contributed by atoms with Gasteiger partial charge in [-0.3, -0.25) is 14.9 Å². The number of hydrogen-bond acceptors (Lipinski definition) is 6. The number of hydrazone groups is 1. The first kappa shape index (κ1) is 19.4. The summed E-state index contributed by atoms with van der Waals surface area (Å²) in [4.78, 5) is 22.2. The summed E-state index contributed by atoms with van der Waals surface area (Å²) >= 11 is 3.03. The van der Waals surface area contributed by atoms with Crippen molar-refractivity contribution in [3.05, 3.63) is 62.1 Å². The number of benzene rings is 2. The highest BCUT2D eigenvalue weighted by Crippen LogP contribution is 2.31. The van der Waals surface area contributed by atoms with Crippen LogP contribution in [0.3, 0.4) is 0 Å². The van der Waals surface area contributed by atoms with Gasteiger partial charge in [0.15, 0.2) is 0 Å². The van der Waals surface area contributed by atoms with E-state index in [1.807, 2.05) is 6.92 Å². The van der Waals surface area contributed by atoms with Crippen LogP contribution in [-0.4, -0.2) is 28.8 Å². The molecule has 0 saturated heterocycles. The SMILES string of the molecule is CCOc1ccc(CC(=O)N/N=C/c2cc([N+](=O)[O-])cc(Br)c2O)cc1. The van der Waals surface area contributed by atoms with Crippen molar-refractivity contribution in [1.29, 1.82) is 0 Å².